The van der Waals surface area contributed by atoms with E-state index >= 15 is 0 Å². The summed E-state index contributed by atoms with van der Waals surface area (Å²) in [5.74, 6) is 1.32. The van der Waals surface area contributed by atoms with E-state index in [-0.39, 0.29) is 6.79 Å². The largest absolute Gasteiger partial charge is 0.497 e. The lowest BCUT2D eigenvalue weighted by Gasteiger charge is -2.12. The quantitative estimate of drug-likeness (QED) is 0.601. The highest BCUT2D eigenvalue weighted by Gasteiger charge is 2.13. The summed E-state index contributed by atoms with van der Waals surface area (Å²) in [5, 5.41) is 1.88. The summed E-state index contributed by atoms with van der Waals surface area (Å²) in [6.07, 6.45) is 0.852. The highest BCUT2D eigenvalue weighted by Crippen LogP contribution is 2.36. The molecule has 0 saturated carbocycles. The summed E-state index contributed by atoms with van der Waals surface area (Å²) in [6.45, 7) is 0.140. The second-order valence-corrected chi connectivity index (χ2v) is 4.68. The van der Waals surface area contributed by atoms with Gasteiger partial charge in [0.1, 0.15) is 11.5 Å². The Bertz CT molecular complexity index is 562. The highest BCUT2D eigenvalue weighted by atomic mass is 32.1. The maximum Gasteiger partial charge on any atom is 0.188 e. The van der Waals surface area contributed by atoms with E-state index in [4.69, 9.17) is 14.2 Å². The molecule has 4 nitrogen and oxygen atoms in total. The Labute approximate surface area is 115 Å². The standard InChI is InChI=1S/C14H14O4S/c1-16-9-18-13-7-10(17-2)3-4-11(13)12-5-6-19-14(12)8-15/h3-8H,9H2,1-2H3. The first-order valence-corrected chi connectivity index (χ1v) is 6.51. The lowest BCUT2D eigenvalue weighted by Crippen LogP contribution is -2.01. The normalized spacial score (nSPS) is 10.2. The number of hydrogen-bond acceptors (Lipinski definition) is 5. The number of aldehydes is 1. The van der Waals surface area contributed by atoms with Crippen molar-refractivity contribution < 1.29 is 19.0 Å². The van der Waals surface area contributed by atoms with Gasteiger partial charge in [0.25, 0.3) is 0 Å². The Morgan fingerprint density at radius 2 is 2.05 bits per heavy atom. The number of carbonyl (C=O) groups is 1. The number of hydrogen-bond donors (Lipinski definition) is 0. The third-order valence-corrected chi connectivity index (χ3v) is 3.46. The van der Waals surface area contributed by atoms with Crippen LogP contribution in [0.2, 0.25) is 0 Å². The molecule has 0 amide bonds. The van der Waals surface area contributed by atoms with Crippen LogP contribution in [-0.4, -0.2) is 27.3 Å². The van der Waals surface area contributed by atoms with Crippen molar-refractivity contribution in [1.29, 1.82) is 0 Å². The lowest BCUT2D eigenvalue weighted by molar-refractivity contribution is 0.0514. The van der Waals surface area contributed by atoms with E-state index in [0.717, 1.165) is 17.4 Å². The van der Waals surface area contributed by atoms with E-state index in [9.17, 15) is 4.79 Å². The Kier molecular flexibility index (Phi) is 4.54. The lowest BCUT2D eigenvalue weighted by atomic mass is 10.1. The Hall–Kier alpha value is -1.85. The van der Waals surface area contributed by atoms with E-state index < -0.39 is 0 Å². The molecule has 0 aliphatic carbocycles. The molecule has 5 heteroatoms. The van der Waals surface area contributed by atoms with Crippen molar-refractivity contribution in [2.24, 2.45) is 0 Å². The van der Waals surface area contributed by atoms with Gasteiger partial charge in [0.2, 0.25) is 0 Å². The molecule has 0 aliphatic heterocycles. The molecule has 2 rings (SSSR count). The zero-order chi connectivity index (χ0) is 13.7. The van der Waals surface area contributed by atoms with Gasteiger partial charge in [0.05, 0.1) is 12.0 Å². The van der Waals surface area contributed by atoms with Crippen molar-refractivity contribution in [3.63, 3.8) is 0 Å². The first-order chi connectivity index (χ1) is 9.30. The summed E-state index contributed by atoms with van der Waals surface area (Å²) in [4.78, 5) is 11.7. The minimum absolute atomic E-state index is 0.140. The number of thiophene rings is 1. The molecular formula is C14H14O4S. The van der Waals surface area contributed by atoms with Crippen molar-refractivity contribution in [3.05, 3.63) is 34.5 Å². The first-order valence-electron chi connectivity index (χ1n) is 5.63. The van der Waals surface area contributed by atoms with E-state index in [2.05, 4.69) is 0 Å². The number of methoxy groups -OCH3 is 2. The third-order valence-electron chi connectivity index (χ3n) is 2.61. The number of ether oxygens (including phenoxy) is 3. The highest BCUT2D eigenvalue weighted by molar-refractivity contribution is 7.12. The molecule has 0 radical (unpaired) electrons. The van der Waals surface area contributed by atoms with Crippen LogP contribution >= 0.6 is 11.3 Å². The topological polar surface area (TPSA) is 44.8 Å². The van der Waals surface area contributed by atoms with Crippen molar-refractivity contribution in [2.45, 2.75) is 0 Å². The van der Waals surface area contributed by atoms with Gasteiger partial charge in [-0.05, 0) is 23.6 Å². The molecule has 0 aliphatic rings. The minimum Gasteiger partial charge on any atom is -0.497 e. The van der Waals surface area contributed by atoms with Crippen molar-refractivity contribution in [3.8, 4) is 22.6 Å². The molecule has 0 atom stereocenters. The SMILES string of the molecule is COCOc1cc(OC)ccc1-c1ccsc1C=O. The van der Waals surface area contributed by atoms with Gasteiger partial charge >= 0.3 is 0 Å². The van der Waals surface area contributed by atoms with Gasteiger partial charge in [0, 0.05) is 24.3 Å². The van der Waals surface area contributed by atoms with Crippen LogP contribution in [0.5, 0.6) is 11.5 Å². The Morgan fingerprint density at radius 1 is 1.21 bits per heavy atom. The van der Waals surface area contributed by atoms with Crippen LogP contribution < -0.4 is 9.47 Å². The fourth-order valence-electron chi connectivity index (χ4n) is 1.73. The van der Waals surface area contributed by atoms with E-state index in [1.807, 2.05) is 23.6 Å². The van der Waals surface area contributed by atoms with Gasteiger partial charge in [-0.2, -0.15) is 0 Å². The van der Waals surface area contributed by atoms with E-state index in [0.29, 0.717) is 16.4 Å². The molecule has 0 unspecified atom stereocenters. The smallest absolute Gasteiger partial charge is 0.188 e. The Morgan fingerprint density at radius 3 is 2.74 bits per heavy atom. The van der Waals surface area contributed by atoms with Crippen LogP contribution in [0, 0.1) is 0 Å². The number of rotatable bonds is 6. The van der Waals surface area contributed by atoms with Gasteiger partial charge in [-0.15, -0.1) is 11.3 Å². The van der Waals surface area contributed by atoms with Gasteiger partial charge in [-0.1, -0.05) is 0 Å². The Balaban J connectivity index is 2.46. The van der Waals surface area contributed by atoms with Crippen molar-refractivity contribution in [1.82, 2.24) is 0 Å². The fraction of sp³-hybridized carbons (Fsp3) is 0.214. The molecule has 2 aromatic rings. The van der Waals surface area contributed by atoms with Crippen LogP contribution in [0.25, 0.3) is 11.1 Å². The molecule has 0 spiro atoms. The summed E-state index contributed by atoms with van der Waals surface area (Å²) in [7, 11) is 3.15. The molecule has 100 valence electrons. The second-order valence-electron chi connectivity index (χ2n) is 3.73. The average molecular weight is 278 g/mol. The van der Waals surface area contributed by atoms with Crippen LogP contribution in [0.3, 0.4) is 0 Å². The molecule has 1 aromatic heterocycles. The van der Waals surface area contributed by atoms with E-state index in [1.54, 1.807) is 20.3 Å². The van der Waals surface area contributed by atoms with Crippen LogP contribution in [0.1, 0.15) is 9.67 Å². The molecule has 0 fully saturated rings. The van der Waals surface area contributed by atoms with E-state index in [1.165, 1.54) is 11.3 Å². The molecule has 1 heterocycles. The zero-order valence-electron chi connectivity index (χ0n) is 10.7. The number of carbonyl (C=O) groups excluding carboxylic acids is 1. The molecule has 19 heavy (non-hydrogen) atoms. The van der Waals surface area contributed by atoms with Crippen LogP contribution in [0.4, 0.5) is 0 Å². The summed E-state index contributed by atoms with van der Waals surface area (Å²) in [6, 6.07) is 7.39. The first kappa shape index (κ1) is 13.6. The summed E-state index contributed by atoms with van der Waals surface area (Å²) >= 11 is 1.40. The maximum absolute atomic E-state index is 11.0. The number of benzene rings is 1. The van der Waals surface area contributed by atoms with Gasteiger partial charge in [-0.25, -0.2) is 0 Å². The third kappa shape index (κ3) is 2.94. The van der Waals surface area contributed by atoms with Gasteiger partial charge in [-0.3, -0.25) is 4.79 Å². The molecular weight excluding hydrogens is 264 g/mol. The summed E-state index contributed by atoms with van der Waals surface area (Å²) < 4.78 is 15.6. The average Bonchev–Trinajstić information content (AvgIpc) is 2.92. The second kappa shape index (κ2) is 6.36. The summed E-state index contributed by atoms with van der Waals surface area (Å²) in [5.41, 5.74) is 1.70. The van der Waals surface area contributed by atoms with Crippen molar-refractivity contribution in [2.75, 3.05) is 21.0 Å². The molecule has 1 aromatic carbocycles. The molecule has 0 N–H and O–H groups in total. The molecule has 0 saturated heterocycles. The van der Waals surface area contributed by atoms with Crippen LogP contribution in [0.15, 0.2) is 29.6 Å². The monoisotopic (exact) mass is 278 g/mol. The predicted octanol–water partition coefficient (Wildman–Crippen LogP) is 3.22. The van der Waals surface area contributed by atoms with Gasteiger partial charge < -0.3 is 14.2 Å². The van der Waals surface area contributed by atoms with Gasteiger partial charge in [0.15, 0.2) is 13.1 Å². The zero-order valence-corrected chi connectivity index (χ0v) is 11.5. The fourth-order valence-corrected chi connectivity index (χ4v) is 2.44. The minimum atomic E-state index is 0.140. The maximum atomic E-state index is 11.0. The molecule has 0 bridgehead atoms. The predicted molar refractivity (Wildman–Crippen MR) is 74.2 cm³/mol. The van der Waals surface area contributed by atoms with Crippen LogP contribution in [-0.2, 0) is 4.74 Å². The van der Waals surface area contributed by atoms with Crippen molar-refractivity contribution >= 4 is 17.6 Å².